The highest BCUT2D eigenvalue weighted by Gasteiger charge is 2.23. The van der Waals surface area contributed by atoms with Gasteiger partial charge in [-0.15, -0.1) is 11.3 Å². The molecule has 12 nitrogen and oxygen atoms in total. The van der Waals surface area contributed by atoms with Crippen LogP contribution in [0.5, 0.6) is 5.75 Å². The zero-order chi connectivity index (χ0) is 36.9. The zero-order valence-corrected chi connectivity index (χ0v) is 30.3. The number of ether oxygens (including phenoxy) is 1. The number of aliphatic hydroxyl groups excluding tert-OH is 1. The van der Waals surface area contributed by atoms with E-state index in [-0.39, 0.29) is 24.0 Å². The van der Waals surface area contributed by atoms with Gasteiger partial charge in [0.25, 0.3) is 0 Å². The van der Waals surface area contributed by atoms with Crippen LogP contribution in [0.4, 0.5) is 21.9 Å². The van der Waals surface area contributed by atoms with Gasteiger partial charge in [-0.05, 0) is 78.2 Å². The van der Waals surface area contributed by atoms with Gasteiger partial charge in [0, 0.05) is 44.2 Å². The number of fused-ring (bicyclic) bond motifs is 1. The molecule has 1 aliphatic rings. The van der Waals surface area contributed by atoms with Gasteiger partial charge in [-0.2, -0.15) is 5.11 Å². The van der Waals surface area contributed by atoms with Crippen molar-refractivity contribution in [2.45, 2.75) is 51.9 Å². The Morgan fingerprint density at radius 3 is 2.62 bits per heavy atom. The van der Waals surface area contributed by atoms with Crippen molar-refractivity contribution in [1.82, 2.24) is 15.2 Å². The maximum absolute atomic E-state index is 12.7. The molecule has 0 saturated carbocycles. The van der Waals surface area contributed by atoms with Crippen LogP contribution >= 0.6 is 11.3 Å². The van der Waals surface area contributed by atoms with E-state index in [0.29, 0.717) is 28.7 Å². The van der Waals surface area contributed by atoms with E-state index in [1.165, 1.54) is 12.1 Å². The topological polar surface area (TPSA) is 175 Å². The van der Waals surface area contributed by atoms with Crippen LogP contribution in [0, 0.1) is 5.53 Å². The molecule has 3 heterocycles. The maximum atomic E-state index is 12.7. The number of hydrogen-bond donors (Lipinski definition) is 7. The molecule has 0 aliphatic carbocycles. The van der Waals surface area contributed by atoms with Gasteiger partial charge in [0.1, 0.15) is 17.5 Å². The van der Waals surface area contributed by atoms with Gasteiger partial charge < -0.3 is 35.5 Å². The molecule has 5 aromatic rings. The minimum atomic E-state index is -0.867. The second-order valence-corrected chi connectivity index (χ2v) is 13.2. The molecule has 2 aromatic heterocycles. The van der Waals surface area contributed by atoms with E-state index < -0.39 is 12.2 Å². The average Bonchev–Trinajstić information content (AvgIpc) is 3.63. The number of pyridine rings is 1. The molecule has 1 aliphatic heterocycles. The summed E-state index contributed by atoms with van der Waals surface area (Å²) in [5.74, 6) is -0.0526. The van der Waals surface area contributed by atoms with Crippen LogP contribution in [0.3, 0.4) is 0 Å². The molecular weight excluding hydrogens is 679 g/mol. The molecule has 1 fully saturated rings. The first kappa shape index (κ1) is 38.2. The number of nitrogens with zero attached hydrogens (tertiary/aromatic N) is 2. The SMILES string of the molecule is CC.N=Nc1cc(CNCC(O)c2ccc(O)c3[nH]c(=O)ccc23)ccc1NCCCN1CCC(OC(=O)Nc2ccsc2-c2ccccc2)CC1. The first-order valence-corrected chi connectivity index (χ1v) is 18.6. The fourth-order valence-electron chi connectivity index (χ4n) is 6.23. The monoisotopic (exact) mass is 725 g/mol. The second-order valence-electron chi connectivity index (χ2n) is 12.3. The van der Waals surface area contributed by atoms with Crippen LogP contribution in [-0.4, -0.2) is 65.0 Å². The summed E-state index contributed by atoms with van der Waals surface area (Å²) < 4.78 is 5.75. The Morgan fingerprint density at radius 1 is 1.06 bits per heavy atom. The number of rotatable bonds is 14. The Hall–Kier alpha value is -5.08. The fourth-order valence-corrected chi connectivity index (χ4v) is 7.09. The molecule has 0 spiro atoms. The van der Waals surface area contributed by atoms with E-state index in [1.54, 1.807) is 23.5 Å². The van der Waals surface area contributed by atoms with E-state index in [4.69, 9.17) is 10.3 Å². The predicted octanol–water partition coefficient (Wildman–Crippen LogP) is 7.99. The smallest absolute Gasteiger partial charge is 0.411 e. The molecule has 274 valence electrons. The molecule has 52 heavy (non-hydrogen) atoms. The van der Waals surface area contributed by atoms with Gasteiger partial charge in [-0.25, -0.2) is 10.3 Å². The third-order valence-corrected chi connectivity index (χ3v) is 9.79. The third kappa shape index (κ3) is 10.0. The van der Waals surface area contributed by atoms with E-state index in [0.717, 1.165) is 72.8 Å². The second kappa shape index (κ2) is 19.0. The van der Waals surface area contributed by atoms with Crippen molar-refractivity contribution < 1.29 is 19.7 Å². The molecule has 1 saturated heterocycles. The fraction of sp³-hybridized carbons (Fsp3) is 0.333. The molecule has 0 bridgehead atoms. The summed E-state index contributed by atoms with van der Waals surface area (Å²) in [6.07, 6.45) is 1.09. The summed E-state index contributed by atoms with van der Waals surface area (Å²) in [5.41, 5.74) is 12.3. The normalized spacial score (nSPS) is 13.9. The molecule has 13 heteroatoms. The number of nitrogens with one attached hydrogen (secondary N) is 5. The molecule has 1 unspecified atom stereocenters. The van der Waals surface area contributed by atoms with Crippen molar-refractivity contribution in [2.24, 2.45) is 5.11 Å². The quantitative estimate of drug-likeness (QED) is 0.0445. The predicted molar refractivity (Wildman–Crippen MR) is 208 cm³/mol. The molecule has 0 radical (unpaired) electrons. The molecule has 3 aromatic carbocycles. The van der Waals surface area contributed by atoms with Crippen molar-refractivity contribution in [3.63, 3.8) is 0 Å². The first-order chi connectivity index (χ1) is 25.4. The van der Waals surface area contributed by atoms with E-state index in [2.05, 4.69) is 30.9 Å². The number of phenolic OH excluding ortho intramolecular Hbond substituents is 1. The number of amides is 1. The van der Waals surface area contributed by atoms with Crippen molar-refractivity contribution in [3.05, 3.63) is 106 Å². The molecule has 1 atom stereocenters. The Bertz CT molecular complexity index is 1980. The Kier molecular flexibility index (Phi) is 13.9. The molecule has 7 N–H and O–H groups in total. The van der Waals surface area contributed by atoms with Crippen LogP contribution in [0.15, 0.2) is 94.2 Å². The van der Waals surface area contributed by atoms with Crippen LogP contribution in [0.25, 0.3) is 21.3 Å². The van der Waals surface area contributed by atoms with Gasteiger partial charge in [0.2, 0.25) is 5.56 Å². The summed E-state index contributed by atoms with van der Waals surface area (Å²) in [7, 11) is 0. The lowest BCUT2D eigenvalue weighted by atomic mass is 10.0. The third-order valence-electron chi connectivity index (χ3n) is 8.83. The highest BCUT2D eigenvalue weighted by atomic mass is 32.1. The summed E-state index contributed by atoms with van der Waals surface area (Å²) >= 11 is 1.59. The number of likely N-dealkylation sites (tertiary alicyclic amines) is 1. The van der Waals surface area contributed by atoms with Crippen molar-refractivity contribution in [1.29, 1.82) is 5.53 Å². The summed E-state index contributed by atoms with van der Waals surface area (Å²) in [6.45, 7) is 8.05. The van der Waals surface area contributed by atoms with Crippen LogP contribution in [0.2, 0.25) is 0 Å². The van der Waals surface area contributed by atoms with Gasteiger partial charge in [0.05, 0.1) is 27.9 Å². The van der Waals surface area contributed by atoms with Gasteiger partial charge in [0.15, 0.2) is 0 Å². The number of H-pyrrole nitrogens is 1. The largest absolute Gasteiger partial charge is 0.506 e. The summed E-state index contributed by atoms with van der Waals surface area (Å²) in [5, 5.41) is 36.8. The average molecular weight is 726 g/mol. The number of carbonyl (C=O) groups is 1. The van der Waals surface area contributed by atoms with Crippen LogP contribution in [-0.2, 0) is 11.3 Å². The number of aromatic amines is 1. The summed E-state index contributed by atoms with van der Waals surface area (Å²) in [6, 6.07) is 23.7. The summed E-state index contributed by atoms with van der Waals surface area (Å²) in [4.78, 5) is 30.3. The minimum absolute atomic E-state index is 0.0526. The molecular formula is C39H47N7O5S. The van der Waals surface area contributed by atoms with Crippen molar-refractivity contribution >= 4 is 45.4 Å². The van der Waals surface area contributed by atoms with Gasteiger partial charge in [-0.3, -0.25) is 10.1 Å². The Morgan fingerprint density at radius 2 is 1.85 bits per heavy atom. The highest BCUT2D eigenvalue weighted by molar-refractivity contribution is 7.14. The number of aliphatic hydroxyl groups is 1. The lowest BCUT2D eigenvalue weighted by Gasteiger charge is -2.31. The number of thiophene rings is 1. The standard InChI is InChI=1S/C37H41N7O5S.C2H6/c38-43-31-21-24(22-39-23-33(46)27-8-11-32(45)35-28(27)9-12-34(47)42-35)7-10-29(31)40-16-4-17-44-18-13-26(14-19-44)49-37(48)41-30-15-20-50-36(30)25-5-2-1-3-6-25;1-2/h1-3,5-12,15,20-21,26,33,38-40,45-46H,4,13-14,16-19,22-23H2,(H,41,48)(H,42,47);1-2H3. The number of phenols is 1. The minimum Gasteiger partial charge on any atom is -0.506 e. The van der Waals surface area contributed by atoms with Gasteiger partial charge in [-0.1, -0.05) is 56.3 Å². The van der Waals surface area contributed by atoms with Crippen molar-refractivity contribution in [3.8, 4) is 16.2 Å². The zero-order valence-electron chi connectivity index (χ0n) is 29.5. The van der Waals surface area contributed by atoms with Crippen LogP contribution < -0.4 is 21.5 Å². The first-order valence-electron chi connectivity index (χ1n) is 17.7. The Labute approximate surface area is 307 Å². The van der Waals surface area contributed by atoms with Gasteiger partial charge >= 0.3 is 6.09 Å². The molecule has 1 amide bonds. The lowest BCUT2D eigenvalue weighted by Crippen LogP contribution is -2.39. The number of benzene rings is 3. The Balaban J connectivity index is 0.00000257. The van der Waals surface area contributed by atoms with Crippen molar-refractivity contribution in [2.75, 3.05) is 43.4 Å². The van der Waals surface area contributed by atoms with Crippen LogP contribution in [0.1, 0.15) is 50.3 Å². The maximum Gasteiger partial charge on any atom is 0.411 e. The number of aromatic hydroxyl groups is 1. The molecule has 6 rings (SSSR count). The highest BCUT2D eigenvalue weighted by Crippen LogP contribution is 2.34. The number of piperidine rings is 1. The lowest BCUT2D eigenvalue weighted by molar-refractivity contribution is 0.0589. The van der Waals surface area contributed by atoms with E-state index in [9.17, 15) is 19.8 Å². The number of carbonyl (C=O) groups excluding carboxylic acids is 1. The van der Waals surface area contributed by atoms with E-state index in [1.807, 2.05) is 73.8 Å². The number of aromatic nitrogens is 1. The number of hydrogen-bond acceptors (Lipinski definition) is 11. The van der Waals surface area contributed by atoms with E-state index >= 15 is 0 Å². The number of anilines is 2.